The summed E-state index contributed by atoms with van der Waals surface area (Å²) in [5, 5.41) is 9.12. The Labute approximate surface area is 98.7 Å². The second-order valence-corrected chi connectivity index (χ2v) is 4.86. The highest BCUT2D eigenvalue weighted by molar-refractivity contribution is 7.89. The summed E-state index contributed by atoms with van der Waals surface area (Å²) in [5.41, 5.74) is 0.597. The monoisotopic (exact) mass is 253 g/mol. The van der Waals surface area contributed by atoms with E-state index >= 15 is 0 Å². The summed E-state index contributed by atoms with van der Waals surface area (Å²) in [6.07, 6.45) is 3.30. The van der Waals surface area contributed by atoms with Crippen LogP contribution in [-0.4, -0.2) is 25.3 Å². The van der Waals surface area contributed by atoms with Gasteiger partial charge in [-0.15, -0.1) is 0 Å². The number of primary sulfonamides is 1. The van der Waals surface area contributed by atoms with Crippen LogP contribution in [0.25, 0.3) is 5.69 Å². The van der Waals surface area contributed by atoms with E-state index < -0.39 is 10.0 Å². The van der Waals surface area contributed by atoms with E-state index in [9.17, 15) is 8.42 Å². The highest BCUT2D eigenvalue weighted by Crippen LogP contribution is 2.24. The molecule has 90 valence electrons. The largest absolute Gasteiger partial charge is 0.495 e. The van der Waals surface area contributed by atoms with Crippen LogP contribution in [0.4, 0.5) is 0 Å². The lowest BCUT2D eigenvalue weighted by Gasteiger charge is -2.08. The van der Waals surface area contributed by atoms with Gasteiger partial charge >= 0.3 is 0 Å². The lowest BCUT2D eigenvalue weighted by atomic mass is 10.3. The van der Waals surface area contributed by atoms with E-state index in [1.807, 2.05) is 0 Å². The fraction of sp³-hybridized carbons (Fsp3) is 0.100. The molecule has 7 heteroatoms. The van der Waals surface area contributed by atoms with Gasteiger partial charge in [-0.25, -0.2) is 18.2 Å². The van der Waals surface area contributed by atoms with E-state index in [0.717, 1.165) is 0 Å². The minimum atomic E-state index is -3.83. The van der Waals surface area contributed by atoms with Crippen molar-refractivity contribution in [2.24, 2.45) is 5.14 Å². The molecule has 17 heavy (non-hydrogen) atoms. The summed E-state index contributed by atoms with van der Waals surface area (Å²) < 4.78 is 29.3. The molecule has 2 aromatic rings. The van der Waals surface area contributed by atoms with E-state index in [2.05, 4.69) is 5.10 Å². The number of nitrogens with two attached hydrogens (primary N) is 1. The first-order valence-corrected chi connectivity index (χ1v) is 6.28. The predicted molar refractivity (Wildman–Crippen MR) is 61.5 cm³/mol. The Bertz CT molecular complexity index is 620. The van der Waals surface area contributed by atoms with Crippen LogP contribution in [-0.2, 0) is 10.0 Å². The summed E-state index contributed by atoms with van der Waals surface area (Å²) in [6, 6.07) is 6.39. The highest BCUT2D eigenvalue weighted by Gasteiger charge is 2.16. The molecule has 0 radical (unpaired) electrons. The number of ether oxygens (including phenoxy) is 1. The summed E-state index contributed by atoms with van der Waals surface area (Å²) in [4.78, 5) is -0.0620. The molecule has 0 atom stereocenters. The molecule has 0 unspecified atom stereocenters. The Morgan fingerprint density at radius 3 is 2.71 bits per heavy atom. The molecular weight excluding hydrogens is 242 g/mol. The number of hydrogen-bond donors (Lipinski definition) is 1. The lowest BCUT2D eigenvalue weighted by molar-refractivity contribution is 0.402. The maximum Gasteiger partial charge on any atom is 0.241 e. The fourth-order valence-corrected chi connectivity index (χ4v) is 2.17. The minimum Gasteiger partial charge on any atom is -0.495 e. The number of nitrogens with zero attached hydrogens (tertiary/aromatic N) is 2. The third kappa shape index (κ3) is 2.29. The van der Waals surface area contributed by atoms with Gasteiger partial charge in [-0.05, 0) is 24.3 Å². The number of aromatic nitrogens is 2. The number of methoxy groups -OCH3 is 1. The first kappa shape index (κ1) is 11.6. The molecule has 1 aromatic heterocycles. The standard InChI is InChI=1S/C10H11N3O3S/c1-16-9-4-3-8(13-6-2-5-12-13)7-10(9)17(11,14)15/h2-7H,1H3,(H2,11,14,15). The molecule has 0 aliphatic rings. The van der Waals surface area contributed by atoms with Crippen LogP contribution in [0.5, 0.6) is 5.75 Å². The van der Waals surface area contributed by atoms with Gasteiger partial charge in [-0.1, -0.05) is 0 Å². The smallest absolute Gasteiger partial charge is 0.241 e. The number of hydrogen-bond acceptors (Lipinski definition) is 4. The van der Waals surface area contributed by atoms with Crippen LogP contribution < -0.4 is 9.88 Å². The topological polar surface area (TPSA) is 87.2 Å². The molecular formula is C10H11N3O3S. The number of rotatable bonds is 3. The van der Waals surface area contributed by atoms with Crippen molar-refractivity contribution in [3.05, 3.63) is 36.7 Å². The van der Waals surface area contributed by atoms with E-state index in [0.29, 0.717) is 5.69 Å². The van der Waals surface area contributed by atoms with Gasteiger partial charge in [0.15, 0.2) is 0 Å². The first-order chi connectivity index (χ1) is 8.02. The SMILES string of the molecule is COc1ccc(-n2cccn2)cc1S(N)(=O)=O. The molecule has 1 aromatic carbocycles. The molecule has 0 spiro atoms. The zero-order chi connectivity index (χ0) is 12.5. The molecule has 2 rings (SSSR count). The zero-order valence-corrected chi connectivity index (χ0v) is 9.89. The molecule has 0 aliphatic carbocycles. The van der Waals surface area contributed by atoms with Gasteiger partial charge < -0.3 is 4.74 Å². The average molecular weight is 253 g/mol. The van der Waals surface area contributed by atoms with Gasteiger partial charge in [0, 0.05) is 12.4 Å². The molecule has 0 amide bonds. The predicted octanol–water partition coefficient (Wildman–Crippen LogP) is 0.528. The summed E-state index contributed by atoms with van der Waals surface area (Å²) in [6.45, 7) is 0. The maximum absolute atomic E-state index is 11.4. The van der Waals surface area contributed by atoms with Crippen molar-refractivity contribution in [1.29, 1.82) is 0 Å². The van der Waals surface area contributed by atoms with Crippen molar-refractivity contribution >= 4 is 10.0 Å². The quantitative estimate of drug-likeness (QED) is 0.864. The van der Waals surface area contributed by atoms with E-state index in [-0.39, 0.29) is 10.6 Å². The van der Waals surface area contributed by atoms with Gasteiger partial charge in [0.25, 0.3) is 0 Å². The molecule has 0 fully saturated rings. The molecule has 0 bridgehead atoms. The van der Waals surface area contributed by atoms with Crippen LogP contribution in [0.1, 0.15) is 0 Å². The Morgan fingerprint density at radius 1 is 1.41 bits per heavy atom. The van der Waals surface area contributed by atoms with Crippen LogP contribution in [0.2, 0.25) is 0 Å². The van der Waals surface area contributed by atoms with Crippen molar-refractivity contribution in [2.75, 3.05) is 7.11 Å². The van der Waals surface area contributed by atoms with Crippen molar-refractivity contribution in [1.82, 2.24) is 9.78 Å². The first-order valence-electron chi connectivity index (χ1n) is 4.73. The highest BCUT2D eigenvalue weighted by atomic mass is 32.2. The molecule has 0 saturated heterocycles. The van der Waals surface area contributed by atoms with E-state index in [1.54, 1.807) is 24.5 Å². The van der Waals surface area contributed by atoms with Crippen molar-refractivity contribution in [3.63, 3.8) is 0 Å². The molecule has 1 heterocycles. The van der Waals surface area contributed by atoms with Crippen molar-refractivity contribution in [2.45, 2.75) is 4.90 Å². The van der Waals surface area contributed by atoms with E-state index in [1.165, 1.54) is 23.9 Å². The normalized spacial score (nSPS) is 11.4. The lowest BCUT2D eigenvalue weighted by Crippen LogP contribution is -2.14. The van der Waals surface area contributed by atoms with Crippen LogP contribution >= 0.6 is 0 Å². The average Bonchev–Trinajstić information content (AvgIpc) is 2.80. The molecule has 6 nitrogen and oxygen atoms in total. The minimum absolute atomic E-state index is 0.0620. The van der Waals surface area contributed by atoms with Crippen molar-refractivity contribution in [3.8, 4) is 11.4 Å². The summed E-state index contributed by atoms with van der Waals surface area (Å²) in [5.74, 6) is 0.211. The van der Waals surface area contributed by atoms with Gasteiger partial charge in [-0.3, -0.25) is 0 Å². The molecule has 2 N–H and O–H groups in total. The second-order valence-electron chi connectivity index (χ2n) is 3.33. The Morgan fingerprint density at radius 2 is 2.18 bits per heavy atom. The number of sulfonamides is 1. The Balaban J connectivity index is 2.61. The third-order valence-electron chi connectivity index (χ3n) is 2.22. The van der Waals surface area contributed by atoms with Gasteiger partial charge in [-0.2, -0.15) is 5.10 Å². The van der Waals surface area contributed by atoms with Crippen LogP contribution in [0.3, 0.4) is 0 Å². The Hall–Kier alpha value is -1.86. The second kappa shape index (κ2) is 4.19. The van der Waals surface area contributed by atoms with Gasteiger partial charge in [0.2, 0.25) is 10.0 Å². The third-order valence-corrected chi connectivity index (χ3v) is 3.15. The fourth-order valence-electron chi connectivity index (χ4n) is 1.45. The van der Waals surface area contributed by atoms with Crippen molar-refractivity contribution < 1.29 is 13.2 Å². The molecule has 0 saturated carbocycles. The summed E-state index contributed by atoms with van der Waals surface area (Å²) >= 11 is 0. The van der Waals surface area contributed by atoms with Gasteiger partial charge in [0.05, 0.1) is 12.8 Å². The number of benzene rings is 1. The Kier molecular flexibility index (Phi) is 2.86. The maximum atomic E-state index is 11.4. The van der Waals surface area contributed by atoms with Crippen LogP contribution in [0, 0.1) is 0 Å². The molecule has 0 aliphatic heterocycles. The van der Waals surface area contributed by atoms with Crippen LogP contribution in [0.15, 0.2) is 41.6 Å². The summed E-state index contributed by atoms with van der Waals surface area (Å²) in [7, 11) is -2.44. The van der Waals surface area contributed by atoms with Gasteiger partial charge in [0.1, 0.15) is 10.6 Å². The van der Waals surface area contributed by atoms with E-state index in [4.69, 9.17) is 9.88 Å². The zero-order valence-electron chi connectivity index (χ0n) is 9.07.